The van der Waals surface area contributed by atoms with E-state index >= 15 is 0 Å². The summed E-state index contributed by atoms with van der Waals surface area (Å²) >= 11 is 0. The molecule has 1 aliphatic rings. The smallest absolute Gasteiger partial charge is 0.123 e. The topological polar surface area (TPSA) is 26.7 Å². The third-order valence-electron chi connectivity index (χ3n) is 4.02. The second-order valence-corrected chi connectivity index (χ2v) is 5.79. The largest absolute Gasteiger partial charge is 0.389 e. The van der Waals surface area contributed by atoms with Crippen LogP contribution in [-0.4, -0.2) is 43.2 Å². The molecule has 3 atom stereocenters. The Hall–Kier alpha value is -1.13. The van der Waals surface area contributed by atoms with Crippen LogP contribution in [0.1, 0.15) is 25.5 Å². The van der Waals surface area contributed by atoms with Crippen molar-refractivity contribution in [2.75, 3.05) is 32.1 Å². The van der Waals surface area contributed by atoms with Crippen molar-refractivity contribution >= 4 is 5.69 Å². The summed E-state index contributed by atoms with van der Waals surface area (Å²) in [6.45, 7) is 5.77. The number of halogens is 1. The second-order valence-electron chi connectivity index (χ2n) is 5.79. The lowest BCUT2D eigenvalue weighted by Crippen LogP contribution is -2.34. The average Bonchev–Trinajstić information content (AvgIpc) is 2.71. The van der Waals surface area contributed by atoms with Crippen LogP contribution in [0, 0.1) is 11.7 Å². The van der Waals surface area contributed by atoms with Crippen molar-refractivity contribution in [2.45, 2.75) is 26.0 Å². The predicted octanol–water partition coefficient (Wildman–Crippen LogP) is 2.27. The summed E-state index contributed by atoms with van der Waals surface area (Å²) < 4.78 is 13.3. The van der Waals surface area contributed by atoms with Gasteiger partial charge in [-0.15, -0.1) is 0 Å². The van der Waals surface area contributed by atoms with Crippen molar-refractivity contribution in [1.29, 1.82) is 0 Å². The van der Waals surface area contributed by atoms with Crippen LogP contribution < -0.4 is 4.90 Å². The number of likely N-dealkylation sites (N-methyl/N-ethyl adjacent to an activating group) is 1. The minimum atomic E-state index is -0.653. The molecule has 2 rings (SSSR count). The third-order valence-corrected chi connectivity index (χ3v) is 4.02. The minimum absolute atomic E-state index is 0.295. The van der Waals surface area contributed by atoms with Crippen LogP contribution in [0.3, 0.4) is 0 Å². The maximum Gasteiger partial charge on any atom is 0.123 e. The first-order valence-electron chi connectivity index (χ1n) is 6.79. The lowest BCUT2D eigenvalue weighted by molar-refractivity contribution is 0.199. The molecule has 3 unspecified atom stereocenters. The molecule has 1 saturated heterocycles. The second kappa shape index (κ2) is 5.47. The summed E-state index contributed by atoms with van der Waals surface area (Å²) in [5.74, 6) is 0.262. The number of aliphatic hydroxyl groups is 1. The van der Waals surface area contributed by atoms with Gasteiger partial charge >= 0.3 is 0 Å². The van der Waals surface area contributed by atoms with Gasteiger partial charge in [-0.3, -0.25) is 0 Å². The van der Waals surface area contributed by atoms with Crippen molar-refractivity contribution in [1.82, 2.24) is 4.90 Å². The Morgan fingerprint density at radius 3 is 2.58 bits per heavy atom. The molecule has 0 bridgehead atoms. The molecule has 3 nitrogen and oxygen atoms in total. The highest BCUT2D eigenvalue weighted by molar-refractivity contribution is 5.56. The average molecular weight is 266 g/mol. The first-order valence-corrected chi connectivity index (χ1v) is 6.79. The SMILES string of the molecule is CC(O)c1cc(F)ccc1N1CC(C)C(N(C)C)C1. The van der Waals surface area contributed by atoms with Crippen LogP contribution in [0.5, 0.6) is 0 Å². The van der Waals surface area contributed by atoms with E-state index < -0.39 is 6.10 Å². The number of hydrogen-bond donors (Lipinski definition) is 1. The summed E-state index contributed by atoms with van der Waals surface area (Å²) in [4.78, 5) is 4.48. The summed E-state index contributed by atoms with van der Waals surface area (Å²) in [7, 11) is 4.18. The number of benzene rings is 1. The normalized spacial score (nSPS) is 25.1. The van der Waals surface area contributed by atoms with Gasteiger partial charge in [0, 0.05) is 30.4 Å². The van der Waals surface area contributed by atoms with Crippen molar-refractivity contribution in [2.24, 2.45) is 5.92 Å². The van der Waals surface area contributed by atoms with Crippen molar-refractivity contribution < 1.29 is 9.50 Å². The van der Waals surface area contributed by atoms with Gasteiger partial charge in [-0.2, -0.15) is 0 Å². The molecule has 1 aromatic carbocycles. The van der Waals surface area contributed by atoms with Gasteiger partial charge in [-0.05, 0) is 45.1 Å². The van der Waals surface area contributed by atoms with E-state index in [4.69, 9.17) is 0 Å². The van der Waals surface area contributed by atoms with Gasteiger partial charge in [0.1, 0.15) is 5.82 Å². The van der Waals surface area contributed by atoms with Crippen LogP contribution >= 0.6 is 0 Å². The molecule has 1 aliphatic heterocycles. The Bertz CT molecular complexity index is 448. The van der Waals surface area contributed by atoms with Gasteiger partial charge < -0.3 is 14.9 Å². The van der Waals surface area contributed by atoms with Gasteiger partial charge in [0.25, 0.3) is 0 Å². The standard InChI is InChI=1S/C15H23FN2O/c1-10-8-18(9-15(10)17(3)4)14-6-5-12(16)7-13(14)11(2)19/h5-7,10-11,15,19H,8-9H2,1-4H3. The summed E-state index contributed by atoms with van der Waals surface area (Å²) in [5.41, 5.74) is 1.62. The Kier molecular flexibility index (Phi) is 4.11. The van der Waals surface area contributed by atoms with E-state index in [1.807, 2.05) is 0 Å². The number of aliphatic hydroxyl groups excluding tert-OH is 1. The monoisotopic (exact) mass is 266 g/mol. The van der Waals surface area contributed by atoms with Crippen LogP contribution in [0.15, 0.2) is 18.2 Å². The molecule has 0 aliphatic carbocycles. The van der Waals surface area contributed by atoms with Gasteiger partial charge in [-0.1, -0.05) is 6.92 Å². The maximum absolute atomic E-state index is 13.3. The highest BCUT2D eigenvalue weighted by atomic mass is 19.1. The first-order chi connectivity index (χ1) is 8.90. The Morgan fingerprint density at radius 2 is 2.05 bits per heavy atom. The molecular weight excluding hydrogens is 243 g/mol. The summed E-state index contributed by atoms with van der Waals surface area (Å²) in [6.07, 6.45) is -0.653. The van der Waals surface area contributed by atoms with Crippen LogP contribution in [0.25, 0.3) is 0 Å². The zero-order chi connectivity index (χ0) is 14.2. The van der Waals surface area contributed by atoms with Gasteiger partial charge in [-0.25, -0.2) is 4.39 Å². The molecule has 0 spiro atoms. The lowest BCUT2D eigenvalue weighted by Gasteiger charge is -2.25. The van der Waals surface area contributed by atoms with E-state index in [-0.39, 0.29) is 5.82 Å². The quantitative estimate of drug-likeness (QED) is 0.909. The van der Waals surface area contributed by atoms with Crippen LogP contribution in [-0.2, 0) is 0 Å². The highest BCUT2D eigenvalue weighted by Gasteiger charge is 2.32. The molecule has 0 amide bonds. The van der Waals surface area contributed by atoms with Gasteiger partial charge in [0.05, 0.1) is 6.10 Å². The van der Waals surface area contributed by atoms with E-state index in [2.05, 4.69) is 30.8 Å². The van der Waals surface area contributed by atoms with E-state index in [0.717, 1.165) is 18.8 Å². The third kappa shape index (κ3) is 2.90. The number of rotatable bonds is 3. The van der Waals surface area contributed by atoms with E-state index in [1.54, 1.807) is 13.0 Å². The molecular formula is C15H23FN2O. The van der Waals surface area contributed by atoms with Gasteiger partial charge in [0.15, 0.2) is 0 Å². The fourth-order valence-electron chi connectivity index (χ4n) is 2.97. The van der Waals surface area contributed by atoms with E-state index in [0.29, 0.717) is 17.5 Å². The molecule has 0 saturated carbocycles. The van der Waals surface area contributed by atoms with Crippen molar-refractivity contribution in [3.8, 4) is 0 Å². The maximum atomic E-state index is 13.3. The fourth-order valence-corrected chi connectivity index (χ4v) is 2.97. The highest BCUT2D eigenvalue weighted by Crippen LogP contribution is 2.32. The van der Waals surface area contributed by atoms with Crippen molar-refractivity contribution in [3.63, 3.8) is 0 Å². The molecule has 106 valence electrons. The number of anilines is 1. The minimum Gasteiger partial charge on any atom is -0.389 e. The zero-order valence-electron chi connectivity index (χ0n) is 12.1. The fraction of sp³-hybridized carbons (Fsp3) is 0.600. The number of hydrogen-bond acceptors (Lipinski definition) is 3. The van der Waals surface area contributed by atoms with Crippen molar-refractivity contribution in [3.05, 3.63) is 29.6 Å². The molecule has 1 fully saturated rings. The van der Waals surface area contributed by atoms with Gasteiger partial charge in [0.2, 0.25) is 0 Å². The lowest BCUT2D eigenvalue weighted by atomic mass is 10.1. The summed E-state index contributed by atoms with van der Waals surface area (Å²) in [5, 5.41) is 9.83. The Labute approximate surface area is 114 Å². The Balaban J connectivity index is 2.28. The van der Waals surface area contributed by atoms with Crippen LogP contribution in [0.4, 0.5) is 10.1 Å². The molecule has 4 heteroatoms. The molecule has 0 aromatic heterocycles. The zero-order valence-corrected chi connectivity index (χ0v) is 12.1. The predicted molar refractivity (Wildman–Crippen MR) is 75.9 cm³/mol. The van der Waals surface area contributed by atoms with Crippen LogP contribution in [0.2, 0.25) is 0 Å². The molecule has 1 N–H and O–H groups in total. The Morgan fingerprint density at radius 1 is 1.37 bits per heavy atom. The molecule has 1 heterocycles. The molecule has 0 radical (unpaired) electrons. The molecule has 1 aromatic rings. The number of nitrogens with zero attached hydrogens (tertiary/aromatic N) is 2. The molecule has 19 heavy (non-hydrogen) atoms. The van der Waals surface area contributed by atoms with E-state index in [9.17, 15) is 9.50 Å². The summed E-state index contributed by atoms with van der Waals surface area (Å²) in [6, 6.07) is 5.18. The van der Waals surface area contributed by atoms with E-state index in [1.165, 1.54) is 12.1 Å². The first kappa shape index (κ1) is 14.3.